The van der Waals surface area contributed by atoms with Crippen molar-refractivity contribution in [3.63, 3.8) is 0 Å². The van der Waals surface area contributed by atoms with Crippen molar-refractivity contribution >= 4 is 5.91 Å². The molecular formula is C15H28N2O3. The van der Waals surface area contributed by atoms with Crippen molar-refractivity contribution in [2.45, 2.75) is 63.6 Å². The van der Waals surface area contributed by atoms with Crippen molar-refractivity contribution in [1.82, 2.24) is 10.2 Å². The number of nitrogens with one attached hydrogen (secondary N) is 1. The molecule has 0 bridgehead atoms. The lowest BCUT2D eigenvalue weighted by molar-refractivity contribution is -0.128. The molecule has 2 aliphatic rings. The zero-order valence-electron chi connectivity index (χ0n) is 12.5. The van der Waals surface area contributed by atoms with Gasteiger partial charge in [-0.25, -0.2) is 0 Å². The summed E-state index contributed by atoms with van der Waals surface area (Å²) in [5.74, 6) is 0.113. The number of nitrogens with zero attached hydrogens (tertiary/aromatic N) is 1. The molecule has 2 rings (SSSR count). The topological polar surface area (TPSA) is 61.8 Å². The summed E-state index contributed by atoms with van der Waals surface area (Å²) in [6.45, 7) is 3.72. The third-order valence-corrected chi connectivity index (χ3v) is 4.41. The Morgan fingerprint density at radius 3 is 2.65 bits per heavy atom. The van der Waals surface area contributed by atoms with Crippen molar-refractivity contribution < 1.29 is 14.6 Å². The Labute approximate surface area is 121 Å². The summed E-state index contributed by atoms with van der Waals surface area (Å²) in [5.41, 5.74) is 0. The molecule has 2 N–H and O–H groups in total. The Morgan fingerprint density at radius 1 is 1.30 bits per heavy atom. The Balaban J connectivity index is 1.77. The van der Waals surface area contributed by atoms with Gasteiger partial charge in [0, 0.05) is 18.6 Å². The molecule has 1 aliphatic heterocycles. The van der Waals surface area contributed by atoms with Crippen LogP contribution < -0.4 is 5.32 Å². The average molecular weight is 284 g/mol. The highest BCUT2D eigenvalue weighted by Crippen LogP contribution is 2.17. The largest absolute Gasteiger partial charge is 0.394 e. The SMILES string of the molecule is CC1COC(CO)CN1CC(=O)NC1CCCCCC1. The smallest absolute Gasteiger partial charge is 0.234 e. The van der Waals surface area contributed by atoms with Crippen LogP contribution in [0.25, 0.3) is 0 Å². The van der Waals surface area contributed by atoms with Gasteiger partial charge >= 0.3 is 0 Å². The highest BCUT2D eigenvalue weighted by molar-refractivity contribution is 5.78. The van der Waals surface area contributed by atoms with Gasteiger partial charge in [-0.15, -0.1) is 0 Å². The minimum atomic E-state index is -0.156. The van der Waals surface area contributed by atoms with Gasteiger partial charge in [-0.1, -0.05) is 25.7 Å². The van der Waals surface area contributed by atoms with Crippen LogP contribution in [0.1, 0.15) is 45.4 Å². The lowest BCUT2D eigenvalue weighted by atomic mass is 10.1. The van der Waals surface area contributed by atoms with E-state index in [9.17, 15) is 4.79 Å². The summed E-state index contributed by atoms with van der Waals surface area (Å²) in [4.78, 5) is 14.3. The number of carbonyl (C=O) groups excluding carboxylic acids is 1. The third kappa shape index (κ3) is 4.72. The summed E-state index contributed by atoms with van der Waals surface area (Å²) in [6, 6.07) is 0.590. The molecule has 2 atom stereocenters. The maximum atomic E-state index is 12.2. The number of morpholine rings is 1. The number of hydrogen-bond donors (Lipinski definition) is 2. The first-order chi connectivity index (χ1) is 9.69. The highest BCUT2D eigenvalue weighted by Gasteiger charge is 2.27. The molecule has 5 heteroatoms. The average Bonchev–Trinajstić information content (AvgIpc) is 2.70. The molecule has 1 heterocycles. The fraction of sp³-hybridized carbons (Fsp3) is 0.933. The van der Waals surface area contributed by atoms with Crippen LogP contribution in [-0.4, -0.2) is 60.4 Å². The van der Waals surface area contributed by atoms with Gasteiger partial charge in [0.2, 0.25) is 5.91 Å². The Morgan fingerprint density at radius 2 is 2.00 bits per heavy atom. The molecule has 2 fully saturated rings. The van der Waals surface area contributed by atoms with Gasteiger partial charge in [-0.05, 0) is 19.8 Å². The van der Waals surface area contributed by atoms with Crippen molar-refractivity contribution in [3.05, 3.63) is 0 Å². The number of rotatable bonds is 4. The van der Waals surface area contributed by atoms with Gasteiger partial charge in [0.15, 0.2) is 0 Å². The van der Waals surface area contributed by atoms with Gasteiger partial charge in [-0.3, -0.25) is 9.69 Å². The molecule has 2 unspecified atom stereocenters. The number of amides is 1. The fourth-order valence-corrected chi connectivity index (χ4v) is 3.09. The number of hydrogen-bond acceptors (Lipinski definition) is 4. The zero-order valence-corrected chi connectivity index (χ0v) is 12.5. The standard InChI is InChI=1S/C15H28N2O3/c1-12-11-20-14(10-18)8-17(12)9-15(19)16-13-6-4-2-3-5-7-13/h12-14,18H,2-11H2,1H3,(H,16,19). The van der Waals surface area contributed by atoms with Crippen LogP contribution >= 0.6 is 0 Å². The van der Waals surface area contributed by atoms with Gasteiger partial charge in [0.05, 0.1) is 25.9 Å². The van der Waals surface area contributed by atoms with Crippen LogP contribution in [0.15, 0.2) is 0 Å². The van der Waals surface area contributed by atoms with Crippen LogP contribution in [0.3, 0.4) is 0 Å². The predicted molar refractivity (Wildman–Crippen MR) is 77.5 cm³/mol. The normalized spacial score (nSPS) is 29.9. The molecule has 1 amide bonds. The molecule has 0 aromatic rings. The van der Waals surface area contributed by atoms with E-state index in [1.54, 1.807) is 0 Å². The number of aliphatic hydroxyl groups excluding tert-OH is 1. The predicted octanol–water partition coefficient (Wildman–Crippen LogP) is 0.907. The molecule has 116 valence electrons. The molecule has 0 aromatic heterocycles. The molecule has 20 heavy (non-hydrogen) atoms. The lowest BCUT2D eigenvalue weighted by Crippen LogP contribution is -2.53. The summed E-state index contributed by atoms with van der Waals surface area (Å²) in [6.07, 6.45) is 7.12. The van der Waals surface area contributed by atoms with E-state index in [0.717, 1.165) is 12.8 Å². The van der Waals surface area contributed by atoms with Crippen LogP contribution in [0, 0.1) is 0 Å². The van der Waals surface area contributed by atoms with Crippen molar-refractivity contribution in [2.75, 3.05) is 26.3 Å². The molecule has 0 aromatic carbocycles. The van der Waals surface area contributed by atoms with E-state index >= 15 is 0 Å². The minimum absolute atomic E-state index is 0.0213. The first-order valence-corrected chi connectivity index (χ1v) is 7.95. The molecule has 0 radical (unpaired) electrons. The van der Waals surface area contributed by atoms with E-state index in [1.807, 2.05) is 0 Å². The Bertz CT molecular complexity index is 303. The van der Waals surface area contributed by atoms with Crippen LogP contribution in [0.4, 0.5) is 0 Å². The van der Waals surface area contributed by atoms with Crippen molar-refractivity contribution in [1.29, 1.82) is 0 Å². The first-order valence-electron chi connectivity index (χ1n) is 7.95. The van der Waals surface area contributed by atoms with E-state index in [2.05, 4.69) is 17.1 Å². The van der Waals surface area contributed by atoms with Gasteiger partial charge in [-0.2, -0.15) is 0 Å². The van der Waals surface area contributed by atoms with Gasteiger partial charge in [0.1, 0.15) is 0 Å². The van der Waals surface area contributed by atoms with Crippen LogP contribution in [0.2, 0.25) is 0 Å². The quantitative estimate of drug-likeness (QED) is 0.753. The Hall–Kier alpha value is -0.650. The molecular weight excluding hydrogens is 256 g/mol. The van der Waals surface area contributed by atoms with Crippen LogP contribution in [0.5, 0.6) is 0 Å². The minimum Gasteiger partial charge on any atom is -0.394 e. The van der Waals surface area contributed by atoms with E-state index in [-0.39, 0.29) is 24.7 Å². The summed E-state index contributed by atoms with van der Waals surface area (Å²) in [5, 5.41) is 12.3. The zero-order chi connectivity index (χ0) is 14.4. The fourth-order valence-electron chi connectivity index (χ4n) is 3.09. The van der Waals surface area contributed by atoms with Gasteiger partial charge < -0.3 is 15.2 Å². The molecule has 1 saturated carbocycles. The van der Waals surface area contributed by atoms with Crippen LogP contribution in [-0.2, 0) is 9.53 Å². The van der Waals surface area contributed by atoms with Gasteiger partial charge in [0.25, 0.3) is 0 Å². The molecule has 1 aliphatic carbocycles. The third-order valence-electron chi connectivity index (χ3n) is 4.41. The molecule has 5 nitrogen and oxygen atoms in total. The van der Waals surface area contributed by atoms with E-state index in [1.165, 1.54) is 25.7 Å². The van der Waals surface area contributed by atoms with E-state index in [4.69, 9.17) is 9.84 Å². The Kier molecular flexibility index (Phi) is 6.26. The monoisotopic (exact) mass is 284 g/mol. The highest BCUT2D eigenvalue weighted by atomic mass is 16.5. The second-order valence-corrected chi connectivity index (χ2v) is 6.17. The maximum Gasteiger partial charge on any atom is 0.234 e. The number of aliphatic hydroxyl groups is 1. The summed E-state index contributed by atoms with van der Waals surface area (Å²) < 4.78 is 5.49. The number of carbonyl (C=O) groups is 1. The molecule has 0 spiro atoms. The number of ether oxygens (including phenoxy) is 1. The van der Waals surface area contributed by atoms with Crippen molar-refractivity contribution in [2.24, 2.45) is 0 Å². The first kappa shape index (κ1) is 15.7. The second-order valence-electron chi connectivity index (χ2n) is 6.17. The summed E-state index contributed by atoms with van der Waals surface area (Å²) in [7, 11) is 0. The lowest BCUT2D eigenvalue weighted by Gasteiger charge is -2.37. The maximum absolute atomic E-state index is 12.2. The van der Waals surface area contributed by atoms with E-state index < -0.39 is 0 Å². The molecule has 1 saturated heterocycles. The van der Waals surface area contributed by atoms with Crippen molar-refractivity contribution in [3.8, 4) is 0 Å². The summed E-state index contributed by atoms with van der Waals surface area (Å²) >= 11 is 0. The van der Waals surface area contributed by atoms with E-state index in [0.29, 0.717) is 25.7 Å². The second kappa shape index (κ2) is 7.96.